The minimum atomic E-state index is -0.506. The Labute approximate surface area is 138 Å². The van der Waals surface area contributed by atoms with E-state index in [1.807, 2.05) is 6.92 Å². The molecule has 1 fully saturated rings. The normalized spacial score (nSPS) is 15.2. The molecule has 0 bridgehead atoms. The zero-order chi connectivity index (χ0) is 17.1. The van der Waals surface area contributed by atoms with Gasteiger partial charge in [0.15, 0.2) is 5.69 Å². The van der Waals surface area contributed by atoms with Crippen LogP contribution in [0.2, 0.25) is 0 Å². The number of rotatable bonds is 4. The molecule has 9 nitrogen and oxygen atoms in total. The Balaban J connectivity index is 1.77. The number of nitrogens with one attached hydrogen (secondary N) is 2. The van der Waals surface area contributed by atoms with Gasteiger partial charge in [-0.1, -0.05) is 11.3 Å². The first kappa shape index (κ1) is 16.1. The van der Waals surface area contributed by atoms with Crippen molar-refractivity contribution in [1.82, 2.24) is 20.3 Å². The molecule has 0 spiro atoms. The van der Waals surface area contributed by atoms with Gasteiger partial charge in [-0.15, -0.1) is 5.10 Å². The zero-order valence-electron chi connectivity index (χ0n) is 13.2. The minimum absolute atomic E-state index is 0.0807. The molecular weight excluding hydrogens is 312 g/mol. The summed E-state index contributed by atoms with van der Waals surface area (Å²) in [6.45, 7) is 3.64. The van der Waals surface area contributed by atoms with Crippen molar-refractivity contribution < 1.29 is 9.72 Å². The Morgan fingerprint density at radius 2 is 2.17 bits per heavy atom. The number of hydrogen-bond donors (Lipinski definition) is 2. The topological polar surface area (TPSA) is 115 Å². The predicted molar refractivity (Wildman–Crippen MR) is 86.9 cm³/mol. The van der Waals surface area contributed by atoms with E-state index in [1.165, 1.54) is 18.2 Å². The van der Waals surface area contributed by atoms with Gasteiger partial charge in [-0.2, -0.15) is 0 Å². The number of nitro benzene ring substituents is 1. The molecule has 2 heterocycles. The summed E-state index contributed by atoms with van der Waals surface area (Å²) in [5.74, 6) is -0.423. The highest BCUT2D eigenvalue weighted by Crippen LogP contribution is 2.21. The number of nitrogens with zero attached hydrogens (tertiary/aromatic N) is 4. The van der Waals surface area contributed by atoms with E-state index in [2.05, 4.69) is 20.9 Å². The standard InChI is InChI=1S/C15H18N6O3/c1-10-14(18-19-20(10)12-5-7-16-8-6-12)15(22)17-11-3-2-4-13(9-11)21(23)24/h2-4,9,12,16H,5-8H2,1H3,(H,17,22). The molecule has 2 N–H and O–H groups in total. The summed E-state index contributed by atoms with van der Waals surface area (Å²) in [4.78, 5) is 22.7. The maximum atomic E-state index is 12.4. The highest BCUT2D eigenvalue weighted by molar-refractivity contribution is 6.03. The van der Waals surface area contributed by atoms with Gasteiger partial charge in [0.2, 0.25) is 0 Å². The summed E-state index contributed by atoms with van der Waals surface area (Å²) in [6, 6.07) is 6.03. The minimum Gasteiger partial charge on any atom is -0.320 e. The number of benzene rings is 1. The number of nitro groups is 1. The molecule has 0 saturated carbocycles. The Morgan fingerprint density at radius 1 is 1.42 bits per heavy atom. The average Bonchev–Trinajstić information content (AvgIpc) is 2.97. The van der Waals surface area contributed by atoms with Crippen molar-refractivity contribution in [2.24, 2.45) is 0 Å². The predicted octanol–water partition coefficient (Wildman–Crippen LogP) is 1.67. The molecule has 1 aliphatic rings. The van der Waals surface area contributed by atoms with Crippen molar-refractivity contribution in [2.75, 3.05) is 18.4 Å². The fourth-order valence-electron chi connectivity index (χ4n) is 2.84. The monoisotopic (exact) mass is 330 g/mol. The van der Waals surface area contributed by atoms with Gasteiger partial charge in [0.1, 0.15) is 0 Å². The van der Waals surface area contributed by atoms with Gasteiger partial charge >= 0.3 is 0 Å². The summed E-state index contributed by atoms with van der Waals surface area (Å²) in [6.07, 6.45) is 1.88. The van der Waals surface area contributed by atoms with Crippen LogP contribution >= 0.6 is 0 Å². The van der Waals surface area contributed by atoms with E-state index in [0.717, 1.165) is 25.9 Å². The molecule has 9 heteroatoms. The lowest BCUT2D eigenvalue weighted by Gasteiger charge is -2.23. The SMILES string of the molecule is Cc1c(C(=O)Nc2cccc([N+](=O)[O-])c2)nnn1C1CCNCC1. The van der Waals surface area contributed by atoms with Crippen LogP contribution in [0.25, 0.3) is 0 Å². The molecule has 0 unspecified atom stereocenters. The molecule has 1 aromatic heterocycles. The molecular formula is C15H18N6O3. The summed E-state index contributed by atoms with van der Waals surface area (Å²) < 4.78 is 1.79. The largest absolute Gasteiger partial charge is 0.320 e. The van der Waals surface area contributed by atoms with E-state index in [4.69, 9.17) is 0 Å². The van der Waals surface area contributed by atoms with Crippen molar-refractivity contribution in [2.45, 2.75) is 25.8 Å². The van der Waals surface area contributed by atoms with Crippen LogP contribution in [0.1, 0.15) is 35.1 Å². The molecule has 1 aromatic carbocycles. The number of aromatic nitrogens is 3. The van der Waals surface area contributed by atoms with Crippen LogP contribution < -0.4 is 10.6 Å². The van der Waals surface area contributed by atoms with E-state index in [9.17, 15) is 14.9 Å². The van der Waals surface area contributed by atoms with Gasteiger partial charge in [0.25, 0.3) is 11.6 Å². The fourth-order valence-corrected chi connectivity index (χ4v) is 2.84. The first-order chi connectivity index (χ1) is 11.6. The lowest BCUT2D eigenvalue weighted by Crippen LogP contribution is -2.30. The van der Waals surface area contributed by atoms with Crippen LogP contribution in [0.3, 0.4) is 0 Å². The van der Waals surface area contributed by atoms with Crippen molar-refractivity contribution in [3.05, 3.63) is 45.8 Å². The number of carbonyl (C=O) groups is 1. The molecule has 1 amide bonds. The van der Waals surface area contributed by atoms with E-state index in [0.29, 0.717) is 11.4 Å². The summed E-state index contributed by atoms with van der Waals surface area (Å²) >= 11 is 0. The van der Waals surface area contributed by atoms with Crippen molar-refractivity contribution in [1.29, 1.82) is 0 Å². The lowest BCUT2D eigenvalue weighted by molar-refractivity contribution is -0.384. The Hall–Kier alpha value is -2.81. The third-order valence-corrected chi connectivity index (χ3v) is 4.11. The molecule has 126 valence electrons. The fraction of sp³-hybridized carbons (Fsp3) is 0.400. The van der Waals surface area contributed by atoms with E-state index < -0.39 is 10.8 Å². The number of piperidine rings is 1. The third kappa shape index (κ3) is 3.25. The van der Waals surface area contributed by atoms with Crippen LogP contribution in [0.5, 0.6) is 0 Å². The lowest BCUT2D eigenvalue weighted by atomic mass is 10.1. The molecule has 1 aliphatic heterocycles. The van der Waals surface area contributed by atoms with Gasteiger partial charge in [-0.05, 0) is 38.9 Å². The van der Waals surface area contributed by atoms with E-state index in [-0.39, 0.29) is 17.4 Å². The first-order valence-electron chi connectivity index (χ1n) is 7.74. The maximum absolute atomic E-state index is 12.4. The zero-order valence-corrected chi connectivity index (χ0v) is 13.2. The first-order valence-corrected chi connectivity index (χ1v) is 7.74. The Morgan fingerprint density at radius 3 is 2.88 bits per heavy atom. The summed E-state index contributed by atoms with van der Waals surface area (Å²) in [5.41, 5.74) is 1.21. The average molecular weight is 330 g/mol. The molecule has 0 radical (unpaired) electrons. The number of amides is 1. The molecule has 0 atom stereocenters. The van der Waals surface area contributed by atoms with Crippen molar-refractivity contribution >= 4 is 17.3 Å². The maximum Gasteiger partial charge on any atom is 0.278 e. The van der Waals surface area contributed by atoms with Crippen LogP contribution in [-0.2, 0) is 0 Å². The molecule has 24 heavy (non-hydrogen) atoms. The van der Waals surface area contributed by atoms with Crippen LogP contribution in [0.4, 0.5) is 11.4 Å². The second-order valence-electron chi connectivity index (χ2n) is 5.71. The van der Waals surface area contributed by atoms with Gasteiger partial charge in [-0.25, -0.2) is 4.68 Å². The van der Waals surface area contributed by atoms with Crippen LogP contribution in [-0.4, -0.2) is 38.9 Å². The van der Waals surface area contributed by atoms with Gasteiger partial charge in [-0.3, -0.25) is 14.9 Å². The van der Waals surface area contributed by atoms with E-state index in [1.54, 1.807) is 10.7 Å². The quantitative estimate of drug-likeness (QED) is 0.651. The van der Waals surface area contributed by atoms with Gasteiger partial charge < -0.3 is 10.6 Å². The number of carbonyl (C=O) groups excluding carboxylic acids is 1. The second kappa shape index (κ2) is 6.75. The Bertz CT molecular complexity index is 766. The second-order valence-corrected chi connectivity index (χ2v) is 5.71. The van der Waals surface area contributed by atoms with Crippen molar-refractivity contribution in [3.8, 4) is 0 Å². The molecule has 3 rings (SSSR count). The van der Waals surface area contributed by atoms with Gasteiger partial charge in [0.05, 0.1) is 16.7 Å². The summed E-state index contributed by atoms with van der Waals surface area (Å²) in [7, 11) is 0. The molecule has 1 saturated heterocycles. The summed E-state index contributed by atoms with van der Waals surface area (Å²) in [5, 5.41) is 24.8. The third-order valence-electron chi connectivity index (χ3n) is 4.11. The smallest absolute Gasteiger partial charge is 0.278 e. The van der Waals surface area contributed by atoms with E-state index >= 15 is 0 Å². The highest BCUT2D eigenvalue weighted by atomic mass is 16.6. The molecule has 0 aliphatic carbocycles. The van der Waals surface area contributed by atoms with Gasteiger partial charge in [0, 0.05) is 17.8 Å². The number of anilines is 1. The van der Waals surface area contributed by atoms with Crippen LogP contribution in [0, 0.1) is 17.0 Å². The highest BCUT2D eigenvalue weighted by Gasteiger charge is 2.23. The number of non-ortho nitro benzene ring substituents is 1. The van der Waals surface area contributed by atoms with Crippen LogP contribution in [0.15, 0.2) is 24.3 Å². The Kier molecular flexibility index (Phi) is 4.52. The molecule has 2 aromatic rings. The number of hydrogen-bond acceptors (Lipinski definition) is 6. The van der Waals surface area contributed by atoms with Crippen molar-refractivity contribution in [3.63, 3.8) is 0 Å².